The largest absolute Gasteiger partial charge is 0.447 e. The highest BCUT2D eigenvalue weighted by Crippen LogP contribution is 2.19. The Hall–Kier alpha value is -2.24. The normalized spacial score (nSPS) is 15.2. The minimum atomic E-state index is -0.287. The molecule has 0 bridgehead atoms. The van der Waals surface area contributed by atoms with Gasteiger partial charge in [0.1, 0.15) is 6.61 Å². The molecule has 0 saturated carbocycles. The van der Waals surface area contributed by atoms with Crippen LogP contribution in [-0.2, 0) is 11.3 Å². The molecule has 114 valence electrons. The molecule has 0 aromatic heterocycles. The second-order valence-electron chi connectivity index (χ2n) is 4.91. The highest BCUT2D eigenvalue weighted by atomic mass is 16.6. The Bertz CT molecular complexity index is 499. The fraction of sp³-hybridized carbons (Fsp3) is 0.467. The van der Waals surface area contributed by atoms with Crippen molar-refractivity contribution in [2.24, 2.45) is 10.7 Å². The van der Waals surface area contributed by atoms with Crippen LogP contribution in [0.3, 0.4) is 0 Å². The zero-order valence-electron chi connectivity index (χ0n) is 12.3. The molecule has 0 aliphatic carbocycles. The molecule has 3 N–H and O–H groups in total. The van der Waals surface area contributed by atoms with Crippen molar-refractivity contribution in [3.63, 3.8) is 0 Å². The number of hydrogen-bond donors (Lipinski definition) is 2. The molecular formula is C15H22N4O2. The van der Waals surface area contributed by atoms with Gasteiger partial charge in [-0.3, -0.25) is 4.90 Å². The number of aliphatic imine (C=N–C) groups is 1. The first kappa shape index (κ1) is 15.2. The van der Waals surface area contributed by atoms with Crippen molar-refractivity contribution in [1.29, 1.82) is 0 Å². The van der Waals surface area contributed by atoms with Gasteiger partial charge in [-0.1, -0.05) is 25.5 Å². The van der Waals surface area contributed by atoms with Crippen LogP contribution in [0, 0.1) is 0 Å². The molecule has 1 amide bonds. The van der Waals surface area contributed by atoms with Crippen molar-refractivity contribution in [3.8, 4) is 0 Å². The van der Waals surface area contributed by atoms with E-state index in [9.17, 15) is 4.79 Å². The Morgan fingerprint density at radius 3 is 2.81 bits per heavy atom. The van der Waals surface area contributed by atoms with Crippen LogP contribution >= 0.6 is 0 Å². The molecule has 1 fully saturated rings. The molecule has 0 radical (unpaired) electrons. The third-order valence-corrected chi connectivity index (χ3v) is 3.28. The first-order valence-corrected chi connectivity index (χ1v) is 7.27. The number of cyclic esters (lactones) is 1. The van der Waals surface area contributed by atoms with Gasteiger partial charge in [-0.15, -0.1) is 0 Å². The molecule has 0 atom stereocenters. The summed E-state index contributed by atoms with van der Waals surface area (Å²) in [6, 6.07) is 7.70. The van der Waals surface area contributed by atoms with Gasteiger partial charge in [-0.2, -0.15) is 0 Å². The minimum absolute atomic E-state index is 0.287. The minimum Gasteiger partial charge on any atom is -0.447 e. The first-order chi connectivity index (χ1) is 10.2. The van der Waals surface area contributed by atoms with Crippen LogP contribution in [0.25, 0.3) is 0 Å². The molecule has 1 aromatic rings. The SMILES string of the molecule is CCCCNC(N)=NCc1ccc(N2CCOC2=O)cc1. The number of anilines is 1. The maximum absolute atomic E-state index is 11.5. The van der Waals surface area contributed by atoms with Gasteiger partial charge >= 0.3 is 6.09 Å². The average Bonchev–Trinajstić information content (AvgIpc) is 2.92. The summed E-state index contributed by atoms with van der Waals surface area (Å²) in [5.41, 5.74) is 7.67. The summed E-state index contributed by atoms with van der Waals surface area (Å²) < 4.78 is 4.92. The molecule has 1 aliphatic rings. The number of carbonyl (C=O) groups excluding carboxylic acids is 1. The van der Waals surface area contributed by atoms with Crippen molar-refractivity contribution in [2.45, 2.75) is 26.3 Å². The Labute approximate surface area is 125 Å². The molecule has 1 aromatic carbocycles. The molecule has 21 heavy (non-hydrogen) atoms. The van der Waals surface area contributed by atoms with Crippen molar-refractivity contribution >= 4 is 17.7 Å². The molecule has 1 heterocycles. The molecule has 0 unspecified atom stereocenters. The van der Waals surface area contributed by atoms with Gasteiger partial charge in [0.2, 0.25) is 0 Å². The van der Waals surface area contributed by atoms with Crippen LogP contribution in [0.15, 0.2) is 29.3 Å². The van der Waals surface area contributed by atoms with Crippen molar-refractivity contribution < 1.29 is 9.53 Å². The topological polar surface area (TPSA) is 79.9 Å². The monoisotopic (exact) mass is 290 g/mol. The standard InChI is InChI=1S/C15H22N4O2/c1-2-3-8-17-14(16)18-11-12-4-6-13(7-5-12)19-9-10-21-15(19)20/h4-7H,2-3,8-11H2,1H3,(H3,16,17,18). The lowest BCUT2D eigenvalue weighted by molar-refractivity contribution is 0.181. The van der Waals surface area contributed by atoms with Gasteiger partial charge in [0.25, 0.3) is 0 Å². The molecular weight excluding hydrogens is 268 g/mol. The maximum atomic E-state index is 11.5. The number of unbranched alkanes of at least 4 members (excludes halogenated alkanes) is 1. The fourth-order valence-corrected chi connectivity index (χ4v) is 2.03. The quantitative estimate of drug-likeness (QED) is 0.476. The zero-order chi connectivity index (χ0) is 15.1. The number of amides is 1. The average molecular weight is 290 g/mol. The smallest absolute Gasteiger partial charge is 0.414 e. The molecule has 6 heteroatoms. The Morgan fingerprint density at radius 1 is 1.43 bits per heavy atom. The van der Waals surface area contributed by atoms with Gasteiger partial charge in [0, 0.05) is 12.2 Å². The van der Waals surface area contributed by atoms with Crippen LogP contribution in [0.2, 0.25) is 0 Å². The van der Waals surface area contributed by atoms with E-state index in [4.69, 9.17) is 10.5 Å². The first-order valence-electron chi connectivity index (χ1n) is 7.27. The number of nitrogens with zero attached hydrogens (tertiary/aromatic N) is 2. The Morgan fingerprint density at radius 2 is 2.19 bits per heavy atom. The van der Waals surface area contributed by atoms with E-state index in [2.05, 4.69) is 17.2 Å². The number of nitrogens with two attached hydrogens (primary N) is 1. The lowest BCUT2D eigenvalue weighted by Crippen LogP contribution is -2.32. The molecule has 1 saturated heterocycles. The predicted octanol–water partition coefficient (Wildman–Crippen LogP) is 1.85. The van der Waals surface area contributed by atoms with Gasteiger partial charge in [0.15, 0.2) is 5.96 Å². The third-order valence-electron chi connectivity index (χ3n) is 3.28. The molecule has 2 rings (SSSR count). The summed E-state index contributed by atoms with van der Waals surface area (Å²) in [4.78, 5) is 17.4. The number of ether oxygens (including phenoxy) is 1. The van der Waals surface area contributed by atoms with E-state index in [1.54, 1.807) is 4.90 Å². The van der Waals surface area contributed by atoms with Gasteiger partial charge in [-0.05, 0) is 24.1 Å². The number of rotatable bonds is 6. The van der Waals surface area contributed by atoms with E-state index in [1.807, 2.05) is 24.3 Å². The van der Waals surface area contributed by atoms with E-state index >= 15 is 0 Å². The van der Waals surface area contributed by atoms with Crippen LogP contribution < -0.4 is 16.0 Å². The summed E-state index contributed by atoms with van der Waals surface area (Å²) in [5, 5.41) is 3.07. The second-order valence-corrected chi connectivity index (χ2v) is 4.91. The number of guanidine groups is 1. The van der Waals surface area contributed by atoms with Gasteiger partial charge in [0.05, 0.1) is 13.1 Å². The number of hydrogen-bond acceptors (Lipinski definition) is 3. The predicted molar refractivity (Wildman–Crippen MR) is 83.4 cm³/mol. The summed E-state index contributed by atoms with van der Waals surface area (Å²) in [6.07, 6.45) is 1.92. The zero-order valence-corrected chi connectivity index (χ0v) is 12.3. The summed E-state index contributed by atoms with van der Waals surface area (Å²) in [5.74, 6) is 0.468. The number of carbonyl (C=O) groups is 1. The lowest BCUT2D eigenvalue weighted by atomic mass is 10.2. The molecule has 6 nitrogen and oxygen atoms in total. The molecule has 1 aliphatic heterocycles. The number of nitrogens with one attached hydrogen (secondary N) is 1. The lowest BCUT2D eigenvalue weighted by Gasteiger charge is -2.12. The Kier molecular flexibility index (Phi) is 5.43. The van der Waals surface area contributed by atoms with Crippen LogP contribution in [0.1, 0.15) is 25.3 Å². The second kappa shape index (κ2) is 7.52. The van der Waals surface area contributed by atoms with Crippen molar-refractivity contribution in [1.82, 2.24) is 5.32 Å². The van der Waals surface area contributed by atoms with Gasteiger partial charge < -0.3 is 15.8 Å². The fourth-order valence-electron chi connectivity index (χ4n) is 2.03. The van der Waals surface area contributed by atoms with E-state index in [1.165, 1.54) is 0 Å². The van der Waals surface area contributed by atoms with Gasteiger partial charge in [-0.25, -0.2) is 9.79 Å². The third kappa shape index (κ3) is 4.37. The summed E-state index contributed by atoms with van der Waals surface area (Å²) in [7, 11) is 0. The number of benzene rings is 1. The summed E-state index contributed by atoms with van der Waals surface area (Å²) >= 11 is 0. The highest BCUT2D eigenvalue weighted by molar-refractivity contribution is 5.89. The van der Waals surface area contributed by atoms with Crippen LogP contribution in [0.5, 0.6) is 0 Å². The molecule has 0 spiro atoms. The Balaban J connectivity index is 1.87. The highest BCUT2D eigenvalue weighted by Gasteiger charge is 2.23. The van der Waals surface area contributed by atoms with E-state index in [-0.39, 0.29) is 6.09 Å². The van der Waals surface area contributed by atoms with E-state index < -0.39 is 0 Å². The van der Waals surface area contributed by atoms with Crippen molar-refractivity contribution in [3.05, 3.63) is 29.8 Å². The van der Waals surface area contributed by atoms with Crippen LogP contribution in [0.4, 0.5) is 10.5 Å². The maximum Gasteiger partial charge on any atom is 0.414 e. The van der Waals surface area contributed by atoms with Crippen molar-refractivity contribution in [2.75, 3.05) is 24.6 Å². The van der Waals surface area contributed by atoms with E-state index in [0.29, 0.717) is 25.7 Å². The summed E-state index contributed by atoms with van der Waals surface area (Å²) in [6.45, 7) is 4.56. The van der Waals surface area contributed by atoms with E-state index in [0.717, 1.165) is 30.6 Å². The van der Waals surface area contributed by atoms with Crippen LogP contribution in [-0.4, -0.2) is 31.7 Å².